The number of hydrogen-bond donors (Lipinski definition) is 1. The van der Waals surface area contributed by atoms with Gasteiger partial charge in [0.15, 0.2) is 0 Å². The zero-order valence-corrected chi connectivity index (χ0v) is 22.6. The summed E-state index contributed by atoms with van der Waals surface area (Å²) < 4.78 is 8.51. The molecule has 0 saturated carbocycles. The van der Waals surface area contributed by atoms with E-state index in [4.69, 9.17) is 9.72 Å². The summed E-state index contributed by atoms with van der Waals surface area (Å²) in [5, 5.41) is 2.98. The van der Waals surface area contributed by atoms with E-state index in [1.165, 1.54) is 11.1 Å². The van der Waals surface area contributed by atoms with Gasteiger partial charge in [-0.1, -0.05) is 80.9 Å². The van der Waals surface area contributed by atoms with E-state index < -0.39 is 0 Å². The minimum absolute atomic E-state index is 0.0473. The molecule has 0 atom stereocenters. The lowest BCUT2D eigenvalue weighted by molar-refractivity contribution is -0.116. The van der Waals surface area contributed by atoms with Crippen LogP contribution >= 0.6 is 0 Å². The van der Waals surface area contributed by atoms with Crippen LogP contribution in [0.2, 0.25) is 0 Å². The number of unbranched alkanes of at least 4 members (excludes halogenated alkanes) is 2. The highest BCUT2D eigenvalue weighted by molar-refractivity contribution is 5.91. The van der Waals surface area contributed by atoms with E-state index in [9.17, 15) is 4.79 Å². The Bertz CT molecular complexity index is 1320. The van der Waals surface area contributed by atoms with Crippen LogP contribution in [0.1, 0.15) is 62.4 Å². The van der Waals surface area contributed by atoms with Gasteiger partial charge in [0.2, 0.25) is 5.91 Å². The molecule has 0 radical (unpaired) electrons. The molecular formula is C33H39N3O2. The molecule has 0 saturated heterocycles. The molecule has 0 fully saturated rings. The van der Waals surface area contributed by atoms with Crippen LogP contribution in [0.3, 0.4) is 0 Å². The Kier molecular flexibility index (Phi) is 10.1. The second kappa shape index (κ2) is 14.2. The molecule has 5 nitrogen and oxygen atoms in total. The summed E-state index contributed by atoms with van der Waals surface area (Å²) in [7, 11) is 0. The van der Waals surface area contributed by atoms with Gasteiger partial charge in [-0.15, -0.1) is 0 Å². The first kappa shape index (κ1) is 27.2. The lowest BCUT2D eigenvalue weighted by Crippen LogP contribution is -2.22. The minimum Gasteiger partial charge on any atom is -0.493 e. The third-order valence-electron chi connectivity index (χ3n) is 6.66. The normalized spacial score (nSPS) is 11.4. The van der Waals surface area contributed by atoms with Crippen LogP contribution in [0, 0.1) is 0 Å². The monoisotopic (exact) mass is 509 g/mol. The van der Waals surface area contributed by atoms with E-state index >= 15 is 0 Å². The average molecular weight is 510 g/mol. The molecule has 0 aliphatic rings. The Morgan fingerprint density at radius 2 is 1.68 bits per heavy atom. The summed E-state index contributed by atoms with van der Waals surface area (Å²) in [6, 6.07) is 26.5. The van der Waals surface area contributed by atoms with Crippen LogP contribution in [-0.4, -0.2) is 28.6 Å². The van der Waals surface area contributed by atoms with Crippen LogP contribution < -0.4 is 10.1 Å². The predicted molar refractivity (Wildman–Crippen MR) is 156 cm³/mol. The summed E-state index contributed by atoms with van der Waals surface area (Å²) >= 11 is 0. The van der Waals surface area contributed by atoms with Crippen molar-refractivity contribution in [2.75, 3.05) is 13.2 Å². The molecule has 1 aromatic heterocycles. The Balaban J connectivity index is 1.23. The number of imidazole rings is 1. The largest absolute Gasteiger partial charge is 0.493 e. The fourth-order valence-electron chi connectivity index (χ4n) is 4.65. The number of nitrogens with one attached hydrogen (secondary N) is 1. The molecule has 0 unspecified atom stereocenters. The maximum Gasteiger partial charge on any atom is 0.243 e. The molecule has 198 valence electrons. The molecule has 1 N–H and O–H groups in total. The molecule has 0 aliphatic heterocycles. The predicted octanol–water partition coefficient (Wildman–Crippen LogP) is 7.17. The van der Waals surface area contributed by atoms with Gasteiger partial charge in [-0.25, -0.2) is 4.98 Å². The number of nitrogens with zero attached hydrogens (tertiary/aromatic N) is 2. The lowest BCUT2D eigenvalue weighted by Gasteiger charge is -2.14. The number of benzene rings is 3. The van der Waals surface area contributed by atoms with Gasteiger partial charge in [-0.2, -0.15) is 0 Å². The van der Waals surface area contributed by atoms with Gasteiger partial charge in [0.25, 0.3) is 0 Å². The number of rotatable bonds is 14. The lowest BCUT2D eigenvalue weighted by atomic mass is 10.0. The molecule has 1 amide bonds. The highest BCUT2D eigenvalue weighted by Gasteiger charge is 2.11. The molecule has 0 spiro atoms. The van der Waals surface area contributed by atoms with Gasteiger partial charge in [-0.3, -0.25) is 4.79 Å². The molecule has 5 heteroatoms. The summed E-state index contributed by atoms with van der Waals surface area (Å²) in [6.07, 6.45) is 8.32. The molecule has 4 aromatic rings. The minimum atomic E-state index is -0.0473. The quantitative estimate of drug-likeness (QED) is 0.145. The zero-order chi connectivity index (χ0) is 26.6. The first-order chi connectivity index (χ1) is 18.6. The number of fused-ring (bicyclic) bond motifs is 1. The van der Waals surface area contributed by atoms with Crippen molar-refractivity contribution >= 4 is 23.0 Å². The smallest absolute Gasteiger partial charge is 0.243 e. The SMILES string of the molecule is CC(C)c1ccccc1OCCCn1c(CCCCCNC(=O)/C=C/c2ccccc2)nc2ccccc21. The third-order valence-corrected chi connectivity index (χ3v) is 6.66. The fourth-order valence-corrected chi connectivity index (χ4v) is 4.65. The summed E-state index contributed by atoms with van der Waals surface area (Å²) in [5.74, 6) is 2.51. The van der Waals surface area contributed by atoms with Crippen LogP contribution in [-0.2, 0) is 17.8 Å². The topological polar surface area (TPSA) is 56.1 Å². The second-order valence-electron chi connectivity index (χ2n) is 9.91. The Hall–Kier alpha value is -3.86. The van der Waals surface area contributed by atoms with E-state index in [1.807, 2.05) is 48.5 Å². The van der Waals surface area contributed by atoms with Crippen molar-refractivity contribution in [2.45, 2.75) is 58.4 Å². The summed E-state index contributed by atoms with van der Waals surface area (Å²) in [6.45, 7) is 6.63. The van der Waals surface area contributed by atoms with E-state index in [0.717, 1.165) is 61.3 Å². The van der Waals surface area contributed by atoms with E-state index in [1.54, 1.807) is 6.08 Å². The highest BCUT2D eigenvalue weighted by atomic mass is 16.5. The fraction of sp³-hybridized carbons (Fsp3) is 0.333. The van der Waals surface area contributed by atoms with Crippen molar-refractivity contribution in [3.8, 4) is 5.75 Å². The third kappa shape index (κ3) is 7.82. The van der Waals surface area contributed by atoms with Gasteiger partial charge >= 0.3 is 0 Å². The van der Waals surface area contributed by atoms with Gasteiger partial charge in [-0.05, 0) is 60.6 Å². The second-order valence-corrected chi connectivity index (χ2v) is 9.91. The van der Waals surface area contributed by atoms with Crippen molar-refractivity contribution in [3.63, 3.8) is 0 Å². The Morgan fingerprint density at radius 3 is 2.53 bits per heavy atom. The number of carbonyl (C=O) groups is 1. The molecule has 4 rings (SSSR count). The van der Waals surface area contributed by atoms with Crippen LogP contribution in [0.25, 0.3) is 17.1 Å². The van der Waals surface area contributed by atoms with Crippen LogP contribution in [0.4, 0.5) is 0 Å². The zero-order valence-electron chi connectivity index (χ0n) is 22.6. The molecule has 3 aromatic carbocycles. The van der Waals surface area contributed by atoms with E-state index in [2.05, 4.69) is 60.1 Å². The van der Waals surface area contributed by atoms with E-state index in [0.29, 0.717) is 19.1 Å². The number of ether oxygens (including phenoxy) is 1. The van der Waals surface area contributed by atoms with Crippen molar-refractivity contribution in [1.82, 2.24) is 14.9 Å². The first-order valence-corrected chi connectivity index (χ1v) is 13.8. The summed E-state index contributed by atoms with van der Waals surface area (Å²) in [4.78, 5) is 17.0. The maximum atomic E-state index is 12.1. The van der Waals surface area contributed by atoms with Gasteiger partial charge in [0, 0.05) is 25.6 Å². The highest BCUT2D eigenvalue weighted by Crippen LogP contribution is 2.26. The van der Waals surface area contributed by atoms with Crippen molar-refractivity contribution in [1.29, 1.82) is 0 Å². The average Bonchev–Trinajstić information content (AvgIpc) is 3.29. The number of aryl methyl sites for hydroxylation is 2. The van der Waals surface area contributed by atoms with Gasteiger partial charge < -0.3 is 14.6 Å². The number of hydrogen-bond acceptors (Lipinski definition) is 3. The van der Waals surface area contributed by atoms with Crippen LogP contribution in [0.5, 0.6) is 5.75 Å². The number of aromatic nitrogens is 2. The molecule has 38 heavy (non-hydrogen) atoms. The van der Waals surface area contributed by atoms with Gasteiger partial charge in [0.1, 0.15) is 11.6 Å². The summed E-state index contributed by atoms with van der Waals surface area (Å²) in [5.41, 5.74) is 4.51. The first-order valence-electron chi connectivity index (χ1n) is 13.8. The van der Waals surface area contributed by atoms with Gasteiger partial charge in [0.05, 0.1) is 17.6 Å². The number of amides is 1. The number of para-hydroxylation sites is 3. The molecule has 1 heterocycles. The Labute approximate surface area is 226 Å². The molecule has 0 aliphatic carbocycles. The Morgan fingerprint density at radius 1 is 0.921 bits per heavy atom. The standard InChI is InChI=1S/C33H39N3O2/c1-26(2)28-16-8-11-19-31(28)38-25-13-24-36-30-18-10-9-17-29(30)35-32(36)20-7-4-12-23-34-33(37)22-21-27-14-5-3-6-15-27/h3,5-6,8-11,14-19,21-22,26H,4,7,12-13,20,23-25H2,1-2H3,(H,34,37)/b22-21+. The molecule has 0 bridgehead atoms. The van der Waals surface area contributed by atoms with Crippen LogP contribution in [0.15, 0.2) is 84.9 Å². The van der Waals surface area contributed by atoms with E-state index in [-0.39, 0.29) is 5.91 Å². The van der Waals surface area contributed by atoms with Crippen molar-refractivity contribution in [3.05, 3.63) is 102 Å². The van der Waals surface area contributed by atoms with Crippen molar-refractivity contribution < 1.29 is 9.53 Å². The van der Waals surface area contributed by atoms with Crippen molar-refractivity contribution in [2.24, 2.45) is 0 Å². The maximum absolute atomic E-state index is 12.1. The molecular weight excluding hydrogens is 470 g/mol. The number of carbonyl (C=O) groups excluding carboxylic acids is 1.